The maximum Gasteiger partial charge on any atom is 0.407 e. The number of benzene rings is 1. The number of fused-ring (bicyclic) bond motifs is 1. The number of imidazole rings is 1. The summed E-state index contributed by atoms with van der Waals surface area (Å²) in [6.45, 7) is 1.15. The van der Waals surface area contributed by atoms with Gasteiger partial charge >= 0.3 is 6.09 Å². The van der Waals surface area contributed by atoms with Gasteiger partial charge in [-0.1, -0.05) is 12.1 Å². The Bertz CT molecular complexity index is 605. The van der Waals surface area contributed by atoms with Crippen LogP contribution >= 0.6 is 0 Å². The second kappa shape index (κ2) is 4.01. The summed E-state index contributed by atoms with van der Waals surface area (Å²) in [5, 5.41) is 8.99. The lowest BCUT2D eigenvalue weighted by Crippen LogP contribution is -2.26. The van der Waals surface area contributed by atoms with Crippen molar-refractivity contribution < 1.29 is 9.90 Å². The Morgan fingerprint density at radius 1 is 1.44 bits per heavy atom. The zero-order valence-corrected chi connectivity index (χ0v) is 10.2. The molecule has 1 amide bonds. The first-order valence-corrected chi connectivity index (χ1v) is 6.06. The van der Waals surface area contributed by atoms with Crippen molar-refractivity contribution in [2.24, 2.45) is 7.05 Å². The Morgan fingerprint density at radius 3 is 2.89 bits per heavy atom. The van der Waals surface area contributed by atoms with Crippen LogP contribution in [0.3, 0.4) is 0 Å². The highest BCUT2D eigenvalue weighted by Crippen LogP contribution is 2.28. The molecule has 1 fully saturated rings. The normalized spacial score (nSPS) is 19.6. The largest absolute Gasteiger partial charge is 0.465 e. The van der Waals surface area contributed by atoms with Crippen molar-refractivity contribution in [2.45, 2.75) is 12.3 Å². The summed E-state index contributed by atoms with van der Waals surface area (Å²) >= 11 is 0. The fraction of sp³-hybridized carbons (Fsp3) is 0.385. The number of aryl methyl sites for hydroxylation is 1. The Balaban J connectivity index is 1.96. The standard InChI is InChI=1S/C13H15N3O2/c1-15-11-5-3-2-4-10(11)14-12(15)9-6-7-16(8-9)13(17)18/h2-5,9H,6-8H2,1H3,(H,17,18). The first kappa shape index (κ1) is 11.1. The van der Waals surface area contributed by atoms with Crippen LogP contribution in [0.5, 0.6) is 0 Å². The monoisotopic (exact) mass is 245 g/mol. The Hall–Kier alpha value is -2.04. The van der Waals surface area contributed by atoms with Gasteiger partial charge in [0.1, 0.15) is 5.82 Å². The van der Waals surface area contributed by atoms with Gasteiger partial charge in [-0.15, -0.1) is 0 Å². The van der Waals surface area contributed by atoms with Crippen LogP contribution in [0.15, 0.2) is 24.3 Å². The van der Waals surface area contributed by atoms with Crippen LogP contribution in [0.4, 0.5) is 4.79 Å². The molecule has 18 heavy (non-hydrogen) atoms. The number of amides is 1. The molecular weight excluding hydrogens is 230 g/mol. The molecule has 1 aliphatic rings. The van der Waals surface area contributed by atoms with Crippen LogP contribution in [0.2, 0.25) is 0 Å². The Labute approximate surface area is 105 Å². The summed E-state index contributed by atoms with van der Waals surface area (Å²) in [5.41, 5.74) is 2.07. The summed E-state index contributed by atoms with van der Waals surface area (Å²) in [6, 6.07) is 7.99. The number of para-hydroxylation sites is 2. The first-order chi connectivity index (χ1) is 8.66. The summed E-state index contributed by atoms with van der Waals surface area (Å²) in [4.78, 5) is 17.0. The van der Waals surface area contributed by atoms with Crippen LogP contribution in [0, 0.1) is 0 Å². The summed E-state index contributed by atoms with van der Waals surface area (Å²) < 4.78 is 2.07. The highest BCUT2D eigenvalue weighted by Gasteiger charge is 2.30. The minimum atomic E-state index is -0.837. The number of hydrogen-bond acceptors (Lipinski definition) is 2. The molecule has 3 rings (SSSR count). The SMILES string of the molecule is Cn1c(C2CCN(C(=O)O)C2)nc2ccccc21. The van der Waals surface area contributed by atoms with Gasteiger partial charge in [0.15, 0.2) is 0 Å². The molecule has 5 heteroatoms. The third-order valence-electron chi connectivity index (χ3n) is 3.65. The number of rotatable bonds is 1. The third kappa shape index (κ3) is 1.63. The van der Waals surface area contributed by atoms with Gasteiger partial charge in [0.2, 0.25) is 0 Å². The molecule has 2 heterocycles. The molecule has 1 N–H and O–H groups in total. The van der Waals surface area contributed by atoms with E-state index in [1.807, 2.05) is 31.3 Å². The molecule has 1 unspecified atom stereocenters. The van der Waals surface area contributed by atoms with Gasteiger partial charge in [0.05, 0.1) is 11.0 Å². The van der Waals surface area contributed by atoms with E-state index < -0.39 is 6.09 Å². The maximum absolute atomic E-state index is 10.9. The van der Waals surface area contributed by atoms with Gasteiger partial charge < -0.3 is 14.6 Å². The molecule has 0 spiro atoms. The molecule has 0 aliphatic carbocycles. The van der Waals surface area contributed by atoms with Crippen molar-refractivity contribution in [3.8, 4) is 0 Å². The minimum absolute atomic E-state index is 0.207. The number of nitrogens with zero attached hydrogens (tertiary/aromatic N) is 3. The molecule has 94 valence electrons. The molecule has 1 aliphatic heterocycles. The van der Waals surface area contributed by atoms with E-state index >= 15 is 0 Å². The molecule has 2 aromatic rings. The smallest absolute Gasteiger partial charge is 0.407 e. The highest BCUT2D eigenvalue weighted by atomic mass is 16.4. The van der Waals surface area contributed by atoms with Crippen LogP contribution in [0.25, 0.3) is 11.0 Å². The second-order valence-corrected chi connectivity index (χ2v) is 4.73. The van der Waals surface area contributed by atoms with Gasteiger partial charge in [-0.25, -0.2) is 9.78 Å². The van der Waals surface area contributed by atoms with Crippen molar-refractivity contribution in [3.63, 3.8) is 0 Å². The summed E-state index contributed by atoms with van der Waals surface area (Å²) in [5.74, 6) is 1.19. The van der Waals surface area contributed by atoms with E-state index in [1.54, 1.807) is 0 Å². The third-order valence-corrected chi connectivity index (χ3v) is 3.65. The maximum atomic E-state index is 10.9. The van der Waals surface area contributed by atoms with E-state index in [-0.39, 0.29) is 5.92 Å². The molecule has 0 saturated carbocycles. The number of hydrogen-bond donors (Lipinski definition) is 1. The van der Waals surface area contributed by atoms with Gasteiger partial charge in [-0.2, -0.15) is 0 Å². The summed E-state index contributed by atoms with van der Waals surface area (Å²) in [6.07, 6.45) is 0.0139. The zero-order valence-electron chi connectivity index (χ0n) is 10.2. The average molecular weight is 245 g/mol. The van der Waals surface area contributed by atoms with Crippen LogP contribution in [0.1, 0.15) is 18.2 Å². The number of likely N-dealkylation sites (tertiary alicyclic amines) is 1. The second-order valence-electron chi connectivity index (χ2n) is 4.73. The van der Waals surface area contributed by atoms with Crippen molar-refractivity contribution in [2.75, 3.05) is 13.1 Å². The van der Waals surface area contributed by atoms with Crippen molar-refractivity contribution in [1.29, 1.82) is 0 Å². The number of carbonyl (C=O) groups is 1. The van der Waals surface area contributed by atoms with Crippen LogP contribution in [-0.4, -0.2) is 38.7 Å². The quantitative estimate of drug-likeness (QED) is 0.836. The highest BCUT2D eigenvalue weighted by molar-refractivity contribution is 5.76. The fourth-order valence-electron chi connectivity index (χ4n) is 2.67. The average Bonchev–Trinajstić information content (AvgIpc) is 2.95. The van der Waals surface area contributed by atoms with E-state index in [4.69, 9.17) is 5.11 Å². The molecule has 1 aromatic carbocycles. The van der Waals surface area contributed by atoms with Crippen molar-refractivity contribution in [1.82, 2.24) is 14.5 Å². The summed E-state index contributed by atoms with van der Waals surface area (Å²) in [7, 11) is 1.99. The molecule has 1 saturated heterocycles. The van der Waals surface area contributed by atoms with E-state index in [0.29, 0.717) is 13.1 Å². The van der Waals surface area contributed by atoms with E-state index in [0.717, 1.165) is 23.3 Å². The minimum Gasteiger partial charge on any atom is -0.465 e. The fourth-order valence-corrected chi connectivity index (χ4v) is 2.67. The topological polar surface area (TPSA) is 58.4 Å². The lowest BCUT2D eigenvalue weighted by Gasteiger charge is -2.12. The lowest BCUT2D eigenvalue weighted by atomic mass is 10.1. The van der Waals surface area contributed by atoms with E-state index in [9.17, 15) is 4.79 Å². The number of carboxylic acid groups (broad SMARTS) is 1. The number of aromatic nitrogens is 2. The van der Waals surface area contributed by atoms with Crippen molar-refractivity contribution >= 4 is 17.1 Å². The van der Waals surface area contributed by atoms with Gasteiger partial charge in [0.25, 0.3) is 0 Å². The molecule has 1 aromatic heterocycles. The van der Waals surface area contributed by atoms with Crippen LogP contribution in [-0.2, 0) is 7.05 Å². The first-order valence-electron chi connectivity index (χ1n) is 6.06. The predicted octanol–water partition coefficient (Wildman–Crippen LogP) is 2.04. The van der Waals surface area contributed by atoms with Gasteiger partial charge in [-0.05, 0) is 18.6 Å². The van der Waals surface area contributed by atoms with E-state index in [2.05, 4.69) is 9.55 Å². The Morgan fingerprint density at radius 2 is 2.22 bits per heavy atom. The lowest BCUT2D eigenvalue weighted by molar-refractivity contribution is 0.155. The molecular formula is C13H15N3O2. The molecule has 0 radical (unpaired) electrons. The molecule has 5 nitrogen and oxygen atoms in total. The predicted molar refractivity (Wildman–Crippen MR) is 67.7 cm³/mol. The van der Waals surface area contributed by atoms with E-state index in [1.165, 1.54) is 4.90 Å². The Kier molecular flexibility index (Phi) is 2.47. The molecule has 0 bridgehead atoms. The van der Waals surface area contributed by atoms with Gasteiger partial charge in [0, 0.05) is 26.1 Å². The molecule has 1 atom stereocenters. The van der Waals surface area contributed by atoms with Crippen LogP contribution < -0.4 is 0 Å². The van der Waals surface area contributed by atoms with Crippen molar-refractivity contribution in [3.05, 3.63) is 30.1 Å². The van der Waals surface area contributed by atoms with Gasteiger partial charge in [-0.3, -0.25) is 0 Å². The zero-order chi connectivity index (χ0) is 12.7.